The molecule has 0 unspecified atom stereocenters. The van der Waals surface area contributed by atoms with Gasteiger partial charge < -0.3 is 15.7 Å². The Morgan fingerprint density at radius 2 is 1.93 bits per heavy atom. The van der Waals surface area contributed by atoms with Gasteiger partial charge in [-0.3, -0.25) is 4.79 Å². The molecule has 0 radical (unpaired) electrons. The highest BCUT2D eigenvalue weighted by Gasteiger charge is 2.42. The van der Waals surface area contributed by atoms with Crippen LogP contribution in [0.25, 0.3) is 0 Å². The van der Waals surface area contributed by atoms with Crippen molar-refractivity contribution < 1.29 is 9.90 Å². The summed E-state index contributed by atoms with van der Waals surface area (Å²) in [7, 11) is 0. The summed E-state index contributed by atoms with van der Waals surface area (Å²) in [4.78, 5) is 13.4. The summed E-state index contributed by atoms with van der Waals surface area (Å²) in [6, 6.07) is -0.487. The van der Waals surface area contributed by atoms with Gasteiger partial charge in [-0.05, 0) is 12.3 Å². The van der Waals surface area contributed by atoms with Crippen molar-refractivity contribution in [3.63, 3.8) is 0 Å². The van der Waals surface area contributed by atoms with Gasteiger partial charge in [0.25, 0.3) is 0 Å². The Kier molecular flexibility index (Phi) is 2.63. The largest absolute Gasteiger partial charge is 0.386 e. The van der Waals surface area contributed by atoms with Crippen molar-refractivity contribution in [2.24, 2.45) is 11.1 Å². The van der Waals surface area contributed by atoms with E-state index >= 15 is 0 Å². The number of nitrogens with zero attached hydrogens (tertiary/aromatic N) is 1. The molecule has 1 heterocycles. The minimum atomic E-state index is -0.715. The molecule has 0 aromatic carbocycles. The van der Waals surface area contributed by atoms with E-state index in [9.17, 15) is 9.90 Å². The van der Waals surface area contributed by atoms with Crippen molar-refractivity contribution in [2.45, 2.75) is 39.3 Å². The number of amides is 1. The van der Waals surface area contributed by atoms with Crippen LogP contribution in [0.5, 0.6) is 0 Å². The third-order valence-electron chi connectivity index (χ3n) is 2.57. The van der Waals surface area contributed by atoms with Crippen molar-refractivity contribution in [1.29, 1.82) is 0 Å². The van der Waals surface area contributed by atoms with Gasteiger partial charge in [-0.15, -0.1) is 0 Å². The van der Waals surface area contributed by atoms with Gasteiger partial charge in [0.1, 0.15) is 0 Å². The van der Waals surface area contributed by atoms with E-state index in [1.165, 1.54) is 0 Å². The molecule has 1 saturated heterocycles. The number of carbonyl (C=O) groups excluding carboxylic acids is 1. The fraction of sp³-hybridized carbons (Fsp3) is 0.900. The monoisotopic (exact) mass is 200 g/mol. The van der Waals surface area contributed by atoms with Crippen LogP contribution in [0.2, 0.25) is 0 Å². The quantitative estimate of drug-likeness (QED) is 0.624. The Morgan fingerprint density at radius 3 is 2.21 bits per heavy atom. The Balaban J connectivity index is 2.53. The third kappa shape index (κ3) is 2.25. The lowest BCUT2D eigenvalue weighted by molar-refractivity contribution is -0.155. The molecular formula is C10H20N2O2. The molecule has 4 heteroatoms. The molecule has 0 spiro atoms. The van der Waals surface area contributed by atoms with Crippen LogP contribution in [0.15, 0.2) is 0 Å². The predicted molar refractivity (Wildman–Crippen MR) is 54.6 cm³/mol. The Bertz CT molecular complexity index is 235. The molecule has 1 atom stereocenters. The fourth-order valence-corrected chi connectivity index (χ4v) is 1.50. The zero-order chi connectivity index (χ0) is 11.1. The molecule has 1 amide bonds. The average Bonchev–Trinajstić information content (AvgIpc) is 1.95. The van der Waals surface area contributed by atoms with Crippen LogP contribution in [-0.2, 0) is 4.79 Å². The fourth-order valence-electron chi connectivity index (χ4n) is 1.50. The van der Waals surface area contributed by atoms with Crippen molar-refractivity contribution >= 4 is 5.91 Å². The number of hydrogen-bond donors (Lipinski definition) is 2. The van der Waals surface area contributed by atoms with Gasteiger partial charge in [0.15, 0.2) is 0 Å². The summed E-state index contributed by atoms with van der Waals surface area (Å²) < 4.78 is 0. The minimum Gasteiger partial charge on any atom is -0.386 e. The van der Waals surface area contributed by atoms with Gasteiger partial charge in [-0.25, -0.2) is 0 Å². The summed E-state index contributed by atoms with van der Waals surface area (Å²) in [5.74, 6) is -0.0657. The SMILES string of the molecule is CC1(O)CN(C(=O)[C@H](N)C(C)(C)C)C1. The highest BCUT2D eigenvalue weighted by molar-refractivity contribution is 5.83. The predicted octanol–water partition coefficient (Wildman–Crippen LogP) is -0.0470. The molecular weight excluding hydrogens is 180 g/mol. The smallest absolute Gasteiger partial charge is 0.240 e. The van der Waals surface area contributed by atoms with Crippen LogP contribution in [0.4, 0.5) is 0 Å². The Labute approximate surface area is 85.1 Å². The van der Waals surface area contributed by atoms with Crippen LogP contribution in [0, 0.1) is 5.41 Å². The normalized spacial score (nSPS) is 22.9. The second-order valence-corrected chi connectivity index (χ2v) is 5.53. The maximum atomic E-state index is 11.7. The van der Waals surface area contributed by atoms with Crippen molar-refractivity contribution in [3.8, 4) is 0 Å². The molecule has 0 bridgehead atoms. The molecule has 14 heavy (non-hydrogen) atoms. The van der Waals surface area contributed by atoms with E-state index in [4.69, 9.17) is 5.73 Å². The Morgan fingerprint density at radius 1 is 1.50 bits per heavy atom. The molecule has 1 aliphatic rings. The molecule has 4 nitrogen and oxygen atoms in total. The minimum absolute atomic E-state index is 0.0657. The van der Waals surface area contributed by atoms with E-state index in [2.05, 4.69) is 0 Å². The second kappa shape index (κ2) is 3.21. The van der Waals surface area contributed by atoms with Gasteiger partial charge in [-0.1, -0.05) is 20.8 Å². The first-order chi connectivity index (χ1) is 6.13. The second-order valence-electron chi connectivity index (χ2n) is 5.53. The van der Waals surface area contributed by atoms with Crippen LogP contribution in [-0.4, -0.2) is 40.6 Å². The van der Waals surface area contributed by atoms with Crippen molar-refractivity contribution in [1.82, 2.24) is 4.90 Å². The summed E-state index contributed by atoms with van der Waals surface area (Å²) in [6.45, 7) is 8.33. The molecule has 1 aliphatic heterocycles. The third-order valence-corrected chi connectivity index (χ3v) is 2.57. The van der Waals surface area contributed by atoms with E-state index in [0.29, 0.717) is 13.1 Å². The summed E-state index contributed by atoms with van der Waals surface area (Å²) >= 11 is 0. The van der Waals surface area contributed by atoms with E-state index < -0.39 is 11.6 Å². The number of hydrogen-bond acceptors (Lipinski definition) is 3. The molecule has 82 valence electrons. The number of aliphatic hydroxyl groups is 1. The summed E-state index contributed by atoms with van der Waals surface area (Å²) in [6.07, 6.45) is 0. The zero-order valence-electron chi connectivity index (χ0n) is 9.37. The molecule has 1 fully saturated rings. The molecule has 3 N–H and O–H groups in total. The first-order valence-electron chi connectivity index (χ1n) is 4.90. The van der Waals surface area contributed by atoms with E-state index in [1.807, 2.05) is 20.8 Å². The maximum absolute atomic E-state index is 11.7. The zero-order valence-corrected chi connectivity index (χ0v) is 9.37. The maximum Gasteiger partial charge on any atom is 0.240 e. The lowest BCUT2D eigenvalue weighted by Crippen LogP contribution is -2.65. The average molecular weight is 200 g/mol. The highest BCUT2D eigenvalue weighted by Crippen LogP contribution is 2.25. The van der Waals surface area contributed by atoms with Gasteiger partial charge in [-0.2, -0.15) is 0 Å². The standard InChI is InChI=1S/C10H20N2O2/c1-9(2,3)7(11)8(13)12-5-10(4,14)6-12/h7,14H,5-6,11H2,1-4H3/t7-/m0/s1. The van der Waals surface area contributed by atoms with E-state index in [0.717, 1.165) is 0 Å². The number of nitrogens with two attached hydrogens (primary N) is 1. The number of carbonyl (C=O) groups is 1. The topological polar surface area (TPSA) is 66.6 Å². The number of rotatable bonds is 1. The molecule has 1 rings (SSSR count). The lowest BCUT2D eigenvalue weighted by Gasteiger charge is -2.46. The van der Waals surface area contributed by atoms with Crippen LogP contribution in [0.1, 0.15) is 27.7 Å². The van der Waals surface area contributed by atoms with Gasteiger partial charge in [0, 0.05) is 0 Å². The van der Waals surface area contributed by atoms with Crippen LogP contribution < -0.4 is 5.73 Å². The number of likely N-dealkylation sites (tertiary alicyclic amines) is 1. The first kappa shape index (κ1) is 11.5. The summed E-state index contributed by atoms with van der Waals surface area (Å²) in [5, 5.41) is 9.48. The first-order valence-corrected chi connectivity index (χ1v) is 4.90. The van der Waals surface area contributed by atoms with Crippen LogP contribution >= 0.6 is 0 Å². The summed E-state index contributed by atoms with van der Waals surface area (Å²) in [5.41, 5.74) is 4.88. The number of β-amino-alcohol motifs (C(OH)–C–C–N with tert-alkyl or cyclic N) is 1. The molecule has 0 aromatic rings. The highest BCUT2D eigenvalue weighted by atomic mass is 16.3. The molecule has 0 aliphatic carbocycles. The molecule has 0 aromatic heterocycles. The molecule has 0 saturated carbocycles. The lowest BCUT2D eigenvalue weighted by atomic mass is 9.85. The van der Waals surface area contributed by atoms with Gasteiger partial charge >= 0.3 is 0 Å². The van der Waals surface area contributed by atoms with Crippen molar-refractivity contribution in [3.05, 3.63) is 0 Å². The van der Waals surface area contributed by atoms with Crippen molar-refractivity contribution in [2.75, 3.05) is 13.1 Å². The van der Waals surface area contributed by atoms with E-state index in [1.54, 1.807) is 11.8 Å². The Hall–Kier alpha value is -0.610. The van der Waals surface area contributed by atoms with E-state index in [-0.39, 0.29) is 11.3 Å². The van der Waals surface area contributed by atoms with Gasteiger partial charge in [0.2, 0.25) is 5.91 Å². The van der Waals surface area contributed by atoms with Gasteiger partial charge in [0.05, 0.1) is 24.7 Å². The van der Waals surface area contributed by atoms with Crippen LogP contribution in [0.3, 0.4) is 0 Å².